The molecule has 2 amide bonds. The predicted molar refractivity (Wildman–Crippen MR) is 64.2 cm³/mol. The molecule has 1 heterocycles. The van der Waals surface area contributed by atoms with Crippen molar-refractivity contribution in [1.82, 2.24) is 10.2 Å². The van der Waals surface area contributed by atoms with Crippen molar-refractivity contribution in [2.24, 2.45) is 0 Å². The summed E-state index contributed by atoms with van der Waals surface area (Å²) in [5.74, 6) is 0. The van der Waals surface area contributed by atoms with Gasteiger partial charge in [0.2, 0.25) is 0 Å². The largest absolute Gasteiger partial charge is 0.333 e. The molecule has 0 unspecified atom stereocenters. The van der Waals surface area contributed by atoms with Crippen molar-refractivity contribution in [2.75, 3.05) is 13.1 Å². The Kier molecular flexibility index (Phi) is 4.62. The van der Waals surface area contributed by atoms with E-state index in [1.807, 2.05) is 19.2 Å². The van der Waals surface area contributed by atoms with Gasteiger partial charge in [-0.1, -0.05) is 0 Å². The Morgan fingerprint density at radius 1 is 1.47 bits per heavy atom. The van der Waals surface area contributed by atoms with Crippen molar-refractivity contribution >= 4 is 17.4 Å². The smallest absolute Gasteiger partial charge is 0.317 e. The average molecular weight is 226 g/mol. The number of thiophene rings is 1. The van der Waals surface area contributed by atoms with Crippen molar-refractivity contribution in [2.45, 2.75) is 27.3 Å². The van der Waals surface area contributed by atoms with Crippen LogP contribution in [-0.2, 0) is 6.54 Å². The zero-order chi connectivity index (χ0) is 11.3. The molecule has 0 bridgehead atoms. The van der Waals surface area contributed by atoms with E-state index in [1.165, 1.54) is 10.4 Å². The lowest BCUT2D eigenvalue weighted by molar-refractivity contribution is 0.203. The summed E-state index contributed by atoms with van der Waals surface area (Å²) in [5, 5.41) is 4.98. The Morgan fingerprint density at radius 2 is 2.13 bits per heavy atom. The number of aryl methyl sites for hydroxylation is 1. The lowest BCUT2D eigenvalue weighted by Gasteiger charge is -2.19. The molecule has 0 fully saturated rings. The fourth-order valence-corrected chi connectivity index (χ4v) is 2.21. The summed E-state index contributed by atoms with van der Waals surface area (Å²) < 4.78 is 0. The molecule has 0 atom stereocenters. The summed E-state index contributed by atoms with van der Waals surface area (Å²) in [7, 11) is 0. The van der Waals surface area contributed by atoms with Crippen LogP contribution in [0.1, 0.15) is 24.3 Å². The monoisotopic (exact) mass is 226 g/mol. The van der Waals surface area contributed by atoms with E-state index < -0.39 is 0 Å². The first-order valence-electron chi connectivity index (χ1n) is 5.24. The summed E-state index contributed by atoms with van der Waals surface area (Å²) in [4.78, 5) is 14.6. The maximum atomic E-state index is 11.6. The standard InChI is InChI=1S/C11H18N2OS/c1-4-13(5-2)11(14)12-8-10-9(3)6-7-15-10/h6-7H,4-5,8H2,1-3H3,(H,12,14). The molecule has 0 saturated carbocycles. The highest BCUT2D eigenvalue weighted by Crippen LogP contribution is 2.14. The van der Waals surface area contributed by atoms with Crippen LogP contribution in [0.2, 0.25) is 0 Å². The average Bonchev–Trinajstić information content (AvgIpc) is 2.63. The number of urea groups is 1. The summed E-state index contributed by atoms with van der Waals surface area (Å²) in [6.45, 7) is 8.19. The van der Waals surface area contributed by atoms with Crippen molar-refractivity contribution in [3.8, 4) is 0 Å². The van der Waals surface area contributed by atoms with Crippen LogP contribution in [0.3, 0.4) is 0 Å². The van der Waals surface area contributed by atoms with Crippen LogP contribution < -0.4 is 5.32 Å². The zero-order valence-corrected chi connectivity index (χ0v) is 10.4. The number of carbonyl (C=O) groups is 1. The normalized spacial score (nSPS) is 10.1. The maximum Gasteiger partial charge on any atom is 0.317 e. The minimum Gasteiger partial charge on any atom is -0.333 e. The molecule has 15 heavy (non-hydrogen) atoms. The SMILES string of the molecule is CCN(CC)C(=O)NCc1sccc1C. The van der Waals surface area contributed by atoms with Gasteiger partial charge >= 0.3 is 6.03 Å². The third-order valence-electron chi connectivity index (χ3n) is 2.42. The second-order valence-electron chi connectivity index (χ2n) is 3.36. The van der Waals surface area contributed by atoms with Crippen LogP contribution in [0.25, 0.3) is 0 Å². The molecule has 0 aliphatic rings. The van der Waals surface area contributed by atoms with E-state index in [9.17, 15) is 4.79 Å². The Labute approximate surface area is 95.1 Å². The number of rotatable bonds is 4. The van der Waals surface area contributed by atoms with Gasteiger partial charge in [0.1, 0.15) is 0 Å². The van der Waals surface area contributed by atoms with Gasteiger partial charge in [-0.05, 0) is 37.8 Å². The van der Waals surface area contributed by atoms with Crippen molar-refractivity contribution < 1.29 is 4.79 Å². The molecule has 3 nitrogen and oxygen atoms in total. The maximum absolute atomic E-state index is 11.6. The summed E-state index contributed by atoms with van der Waals surface area (Å²) in [5.41, 5.74) is 1.25. The second kappa shape index (κ2) is 5.75. The fourth-order valence-electron chi connectivity index (χ4n) is 1.36. The Hall–Kier alpha value is -1.03. The second-order valence-corrected chi connectivity index (χ2v) is 4.36. The molecule has 1 aromatic heterocycles. The molecule has 1 N–H and O–H groups in total. The summed E-state index contributed by atoms with van der Waals surface area (Å²) in [6.07, 6.45) is 0. The van der Waals surface area contributed by atoms with Gasteiger partial charge in [-0.3, -0.25) is 0 Å². The number of nitrogens with one attached hydrogen (secondary N) is 1. The molecular formula is C11H18N2OS. The number of hydrogen-bond donors (Lipinski definition) is 1. The molecule has 0 radical (unpaired) electrons. The highest BCUT2D eigenvalue weighted by atomic mass is 32.1. The van der Waals surface area contributed by atoms with Crippen LogP contribution in [0, 0.1) is 6.92 Å². The lowest BCUT2D eigenvalue weighted by atomic mass is 10.3. The van der Waals surface area contributed by atoms with Gasteiger partial charge < -0.3 is 10.2 Å². The van der Waals surface area contributed by atoms with Crippen LogP contribution in [-0.4, -0.2) is 24.0 Å². The Balaban J connectivity index is 2.43. The van der Waals surface area contributed by atoms with Crippen molar-refractivity contribution in [1.29, 1.82) is 0 Å². The van der Waals surface area contributed by atoms with Gasteiger partial charge in [-0.25, -0.2) is 4.79 Å². The number of carbonyl (C=O) groups excluding carboxylic acids is 1. The third kappa shape index (κ3) is 3.23. The first-order chi connectivity index (χ1) is 7.19. The number of hydrogen-bond acceptors (Lipinski definition) is 2. The van der Waals surface area contributed by atoms with E-state index in [0.29, 0.717) is 6.54 Å². The highest BCUT2D eigenvalue weighted by molar-refractivity contribution is 7.10. The third-order valence-corrected chi connectivity index (χ3v) is 3.44. The predicted octanol–water partition coefficient (Wildman–Crippen LogP) is 2.61. The van der Waals surface area contributed by atoms with Gasteiger partial charge in [-0.15, -0.1) is 11.3 Å². The van der Waals surface area contributed by atoms with Gasteiger partial charge in [-0.2, -0.15) is 0 Å². The van der Waals surface area contributed by atoms with Gasteiger partial charge in [0.15, 0.2) is 0 Å². The molecule has 84 valence electrons. The van der Waals surface area contributed by atoms with Crippen molar-refractivity contribution in [3.63, 3.8) is 0 Å². The molecular weight excluding hydrogens is 208 g/mol. The summed E-state index contributed by atoms with van der Waals surface area (Å²) >= 11 is 1.69. The van der Waals surface area contributed by atoms with E-state index >= 15 is 0 Å². The van der Waals surface area contributed by atoms with E-state index in [2.05, 4.69) is 18.3 Å². The quantitative estimate of drug-likeness (QED) is 0.841. The van der Waals surface area contributed by atoms with Gasteiger partial charge in [0.25, 0.3) is 0 Å². The Bertz CT molecular complexity index is 318. The number of amides is 2. The fraction of sp³-hybridized carbons (Fsp3) is 0.545. The highest BCUT2D eigenvalue weighted by Gasteiger charge is 2.09. The van der Waals surface area contributed by atoms with Gasteiger partial charge in [0, 0.05) is 18.0 Å². The lowest BCUT2D eigenvalue weighted by Crippen LogP contribution is -2.39. The van der Waals surface area contributed by atoms with E-state index in [1.54, 1.807) is 16.2 Å². The van der Waals surface area contributed by atoms with Crippen LogP contribution in [0.15, 0.2) is 11.4 Å². The molecule has 0 aliphatic carbocycles. The molecule has 0 spiro atoms. The molecule has 0 saturated heterocycles. The van der Waals surface area contributed by atoms with Crippen LogP contribution in [0.5, 0.6) is 0 Å². The van der Waals surface area contributed by atoms with Crippen LogP contribution in [0.4, 0.5) is 4.79 Å². The van der Waals surface area contributed by atoms with E-state index in [4.69, 9.17) is 0 Å². The first kappa shape index (κ1) is 12.0. The molecule has 1 aromatic rings. The molecule has 4 heteroatoms. The minimum absolute atomic E-state index is 0.0211. The molecule has 0 aliphatic heterocycles. The van der Waals surface area contributed by atoms with Crippen molar-refractivity contribution in [3.05, 3.63) is 21.9 Å². The number of nitrogens with zero attached hydrogens (tertiary/aromatic N) is 1. The first-order valence-corrected chi connectivity index (χ1v) is 6.12. The van der Waals surface area contributed by atoms with Gasteiger partial charge in [0.05, 0.1) is 6.54 Å². The van der Waals surface area contributed by atoms with E-state index in [-0.39, 0.29) is 6.03 Å². The molecule has 1 rings (SSSR count). The van der Waals surface area contributed by atoms with Crippen LogP contribution >= 0.6 is 11.3 Å². The summed E-state index contributed by atoms with van der Waals surface area (Å²) in [6, 6.07) is 2.09. The topological polar surface area (TPSA) is 32.3 Å². The minimum atomic E-state index is 0.0211. The molecule has 0 aromatic carbocycles. The van der Waals surface area contributed by atoms with E-state index in [0.717, 1.165) is 13.1 Å². The zero-order valence-electron chi connectivity index (χ0n) is 9.54. The Morgan fingerprint density at radius 3 is 2.60 bits per heavy atom.